The maximum atomic E-state index is 4.04. The Labute approximate surface area is 108 Å². The number of aromatic nitrogens is 2. The Hall–Kier alpha value is -1.61. The molecule has 1 saturated heterocycles. The van der Waals surface area contributed by atoms with Crippen LogP contribution in [0.4, 0.5) is 0 Å². The van der Waals surface area contributed by atoms with Crippen molar-refractivity contribution in [1.29, 1.82) is 0 Å². The largest absolute Gasteiger partial charge is 0.302 e. The minimum Gasteiger partial charge on any atom is -0.302 e. The van der Waals surface area contributed by atoms with E-state index >= 15 is 0 Å². The van der Waals surface area contributed by atoms with Gasteiger partial charge in [0, 0.05) is 30.9 Å². The fourth-order valence-corrected chi connectivity index (χ4v) is 2.72. The number of H-pyrrole nitrogens is 1. The molecule has 0 bridgehead atoms. The molecule has 0 amide bonds. The number of rotatable bonds is 4. The molecule has 0 radical (unpaired) electrons. The van der Waals surface area contributed by atoms with Gasteiger partial charge in [-0.1, -0.05) is 30.3 Å². The zero-order chi connectivity index (χ0) is 12.2. The number of likely N-dealkylation sites (tertiary alicyclic amines) is 1. The normalized spacial score (nSPS) is 20.3. The topological polar surface area (TPSA) is 31.9 Å². The number of hydrogen-bond donors (Lipinski definition) is 1. The van der Waals surface area contributed by atoms with Crippen molar-refractivity contribution in [2.45, 2.75) is 18.8 Å². The molecule has 2 heterocycles. The first-order chi connectivity index (χ1) is 8.92. The standard InChI is InChI=1S/C15H19N3/c1-2-4-13(5-3-1)7-10-18-11-8-14(12-18)15-6-9-16-17-15/h1-6,9,14H,7-8,10-12H2,(H,16,17). The summed E-state index contributed by atoms with van der Waals surface area (Å²) in [7, 11) is 0. The summed E-state index contributed by atoms with van der Waals surface area (Å²) >= 11 is 0. The Bertz CT molecular complexity index is 464. The van der Waals surface area contributed by atoms with Crippen LogP contribution >= 0.6 is 0 Å². The van der Waals surface area contributed by atoms with Gasteiger partial charge in [0.1, 0.15) is 0 Å². The van der Waals surface area contributed by atoms with Crippen molar-refractivity contribution in [3.05, 3.63) is 53.9 Å². The van der Waals surface area contributed by atoms with Gasteiger partial charge in [-0.2, -0.15) is 5.10 Å². The van der Waals surface area contributed by atoms with Gasteiger partial charge in [0.2, 0.25) is 0 Å². The summed E-state index contributed by atoms with van der Waals surface area (Å²) in [6.45, 7) is 3.53. The highest BCUT2D eigenvalue weighted by Crippen LogP contribution is 2.25. The van der Waals surface area contributed by atoms with Gasteiger partial charge in [-0.15, -0.1) is 0 Å². The minimum absolute atomic E-state index is 0.642. The second kappa shape index (κ2) is 5.36. The van der Waals surface area contributed by atoms with E-state index in [0.29, 0.717) is 5.92 Å². The summed E-state index contributed by atoms with van der Waals surface area (Å²) in [5.41, 5.74) is 2.72. The van der Waals surface area contributed by atoms with E-state index < -0.39 is 0 Å². The highest BCUT2D eigenvalue weighted by Gasteiger charge is 2.24. The average Bonchev–Trinajstić information content (AvgIpc) is 3.08. The maximum Gasteiger partial charge on any atom is 0.0490 e. The molecular formula is C15H19N3. The predicted molar refractivity (Wildman–Crippen MR) is 72.5 cm³/mol. The first kappa shape index (κ1) is 11.5. The van der Waals surface area contributed by atoms with Crippen LogP contribution in [0.2, 0.25) is 0 Å². The Balaban J connectivity index is 1.51. The van der Waals surface area contributed by atoms with Crippen molar-refractivity contribution in [3.8, 4) is 0 Å². The van der Waals surface area contributed by atoms with E-state index in [9.17, 15) is 0 Å². The lowest BCUT2D eigenvalue weighted by atomic mass is 10.1. The summed E-state index contributed by atoms with van der Waals surface area (Å²) in [6.07, 6.45) is 4.25. The summed E-state index contributed by atoms with van der Waals surface area (Å²) < 4.78 is 0. The zero-order valence-electron chi connectivity index (χ0n) is 10.5. The molecule has 18 heavy (non-hydrogen) atoms. The highest BCUT2D eigenvalue weighted by atomic mass is 15.2. The lowest BCUT2D eigenvalue weighted by Gasteiger charge is -2.15. The van der Waals surface area contributed by atoms with Crippen LogP contribution in [0, 0.1) is 0 Å². The molecule has 94 valence electrons. The lowest BCUT2D eigenvalue weighted by Crippen LogP contribution is -2.23. The first-order valence-corrected chi connectivity index (χ1v) is 6.67. The molecular weight excluding hydrogens is 222 g/mol. The van der Waals surface area contributed by atoms with Crippen LogP contribution in [0.1, 0.15) is 23.6 Å². The maximum absolute atomic E-state index is 4.04. The molecule has 2 aromatic rings. The molecule has 1 aliphatic heterocycles. The van der Waals surface area contributed by atoms with Gasteiger partial charge in [0.25, 0.3) is 0 Å². The Morgan fingerprint density at radius 1 is 1.22 bits per heavy atom. The summed E-state index contributed by atoms with van der Waals surface area (Å²) in [5.74, 6) is 0.642. The first-order valence-electron chi connectivity index (χ1n) is 6.67. The minimum atomic E-state index is 0.642. The second-order valence-electron chi connectivity index (χ2n) is 5.03. The monoisotopic (exact) mass is 241 g/mol. The molecule has 1 aromatic heterocycles. The molecule has 0 saturated carbocycles. The fraction of sp³-hybridized carbons (Fsp3) is 0.400. The molecule has 3 rings (SSSR count). The lowest BCUT2D eigenvalue weighted by molar-refractivity contribution is 0.338. The van der Waals surface area contributed by atoms with Gasteiger partial charge in [-0.3, -0.25) is 5.10 Å². The van der Waals surface area contributed by atoms with E-state index in [0.717, 1.165) is 19.5 Å². The van der Waals surface area contributed by atoms with Gasteiger partial charge in [-0.05, 0) is 31.0 Å². The fourth-order valence-electron chi connectivity index (χ4n) is 2.72. The van der Waals surface area contributed by atoms with Crippen LogP contribution in [-0.4, -0.2) is 34.7 Å². The van der Waals surface area contributed by atoms with E-state index in [1.54, 1.807) is 0 Å². The number of aromatic amines is 1. The third kappa shape index (κ3) is 2.62. The van der Waals surface area contributed by atoms with E-state index in [4.69, 9.17) is 0 Å². The third-order valence-corrected chi connectivity index (χ3v) is 3.79. The van der Waals surface area contributed by atoms with E-state index in [1.165, 1.54) is 24.2 Å². The van der Waals surface area contributed by atoms with Crippen LogP contribution in [0.25, 0.3) is 0 Å². The quantitative estimate of drug-likeness (QED) is 0.891. The second-order valence-corrected chi connectivity index (χ2v) is 5.03. The van der Waals surface area contributed by atoms with Crippen molar-refractivity contribution in [1.82, 2.24) is 15.1 Å². The number of nitrogens with one attached hydrogen (secondary N) is 1. The van der Waals surface area contributed by atoms with E-state index in [2.05, 4.69) is 51.5 Å². The van der Waals surface area contributed by atoms with Crippen molar-refractivity contribution in [2.24, 2.45) is 0 Å². The summed E-state index contributed by atoms with van der Waals surface area (Å²) in [6, 6.07) is 12.8. The predicted octanol–water partition coefficient (Wildman–Crippen LogP) is 2.44. The SMILES string of the molecule is c1ccc(CCN2CCC(c3ccn[nH]3)C2)cc1. The number of benzene rings is 1. The average molecular weight is 241 g/mol. The summed E-state index contributed by atoms with van der Waals surface area (Å²) in [4.78, 5) is 2.55. The number of hydrogen-bond acceptors (Lipinski definition) is 2. The van der Waals surface area contributed by atoms with Gasteiger partial charge >= 0.3 is 0 Å². The highest BCUT2D eigenvalue weighted by molar-refractivity contribution is 5.15. The van der Waals surface area contributed by atoms with Crippen molar-refractivity contribution < 1.29 is 0 Å². The molecule has 1 unspecified atom stereocenters. The molecule has 1 aromatic carbocycles. The molecule has 0 aliphatic carbocycles. The van der Waals surface area contributed by atoms with Gasteiger partial charge in [-0.25, -0.2) is 0 Å². The van der Waals surface area contributed by atoms with Crippen LogP contribution in [0.15, 0.2) is 42.6 Å². The van der Waals surface area contributed by atoms with Crippen LogP contribution < -0.4 is 0 Å². The molecule has 1 fully saturated rings. The van der Waals surface area contributed by atoms with Gasteiger partial charge < -0.3 is 4.90 Å². The smallest absolute Gasteiger partial charge is 0.0490 e. The summed E-state index contributed by atoms with van der Waals surface area (Å²) in [5, 5.41) is 7.14. The van der Waals surface area contributed by atoms with Crippen LogP contribution in [-0.2, 0) is 6.42 Å². The number of nitrogens with zero attached hydrogens (tertiary/aromatic N) is 2. The molecule has 1 aliphatic rings. The Morgan fingerprint density at radius 3 is 2.89 bits per heavy atom. The van der Waals surface area contributed by atoms with Crippen molar-refractivity contribution >= 4 is 0 Å². The Morgan fingerprint density at radius 2 is 2.11 bits per heavy atom. The van der Waals surface area contributed by atoms with Crippen molar-refractivity contribution in [3.63, 3.8) is 0 Å². The van der Waals surface area contributed by atoms with Crippen LogP contribution in [0.3, 0.4) is 0 Å². The Kier molecular flexibility index (Phi) is 3.42. The molecule has 1 N–H and O–H groups in total. The molecule has 3 heteroatoms. The van der Waals surface area contributed by atoms with Crippen molar-refractivity contribution in [2.75, 3.05) is 19.6 Å². The van der Waals surface area contributed by atoms with Crippen LogP contribution in [0.5, 0.6) is 0 Å². The van der Waals surface area contributed by atoms with E-state index in [-0.39, 0.29) is 0 Å². The van der Waals surface area contributed by atoms with Gasteiger partial charge in [0.05, 0.1) is 0 Å². The third-order valence-electron chi connectivity index (χ3n) is 3.79. The zero-order valence-corrected chi connectivity index (χ0v) is 10.5. The van der Waals surface area contributed by atoms with Gasteiger partial charge in [0.15, 0.2) is 0 Å². The van der Waals surface area contributed by atoms with E-state index in [1.807, 2.05) is 6.20 Å². The molecule has 1 atom stereocenters. The molecule has 0 spiro atoms. The molecule has 3 nitrogen and oxygen atoms in total.